The summed E-state index contributed by atoms with van der Waals surface area (Å²) in [7, 11) is 0. The van der Waals surface area contributed by atoms with Crippen LogP contribution in [-0.2, 0) is 11.2 Å². The lowest BCUT2D eigenvalue weighted by molar-refractivity contribution is -0.123. The lowest BCUT2D eigenvalue weighted by Crippen LogP contribution is -2.40. The Balaban J connectivity index is 0.00000225. The highest BCUT2D eigenvalue weighted by atomic mass is 35.5. The standard InChI is InChI=1S/C21H32N2O.ClH/c1-16(18-10-12-22-13-11-18)14-21(24)23-20-9-5-8-19(20)15-17-6-3-2-4-7-17;/h2-4,6-7,16,18-20,22H,5,8-15H2,1H3,(H,23,24);1H. The Morgan fingerprint density at radius 2 is 1.88 bits per heavy atom. The molecule has 1 aromatic rings. The summed E-state index contributed by atoms with van der Waals surface area (Å²) in [5.74, 6) is 2.08. The molecule has 3 rings (SSSR count). The van der Waals surface area contributed by atoms with Crippen molar-refractivity contribution in [2.75, 3.05) is 13.1 Å². The fourth-order valence-electron chi connectivity index (χ4n) is 4.53. The molecule has 1 saturated heterocycles. The van der Waals surface area contributed by atoms with E-state index in [4.69, 9.17) is 0 Å². The van der Waals surface area contributed by atoms with Crippen LogP contribution < -0.4 is 10.6 Å². The molecule has 1 aliphatic carbocycles. The van der Waals surface area contributed by atoms with E-state index in [2.05, 4.69) is 47.9 Å². The maximum Gasteiger partial charge on any atom is 0.220 e. The van der Waals surface area contributed by atoms with Gasteiger partial charge in [0.1, 0.15) is 0 Å². The topological polar surface area (TPSA) is 41.1 Å². The summed E-state index contributed by atoms with van der Waals surface area (Å²) in [4.78, 5) is 12.5. The van der Waals surface area contributed by atoms with Gasteiger partial charge in [-0.2, -0.15) is 0 Å². The Bertz CT molecular complexity index is 516. The minimum atomic E-state index is 0. The van der Waals surface area contributed by atoms with Crippen LogP contribution in [0.2, 0.25) is 0 Å². The van der Waals surface area contributed by atoms with Gasteiger partial charge in [0, 0.05) is 12.5 Å². The van der Waals surface area contributed by atoms with Crippen molar-refractivity contribution >= 4 is 18.3 Å². The molecule has 3 atom stereocenters. The molecule has 0 aromatic heterocycles. The molecular formula is C21H33ClN2O. The molecule has 25 heavy (non-hydrogen) atoms. The Kier molecular flexibility index (Phi) is 8.25. The second-order valence-corrected chi connectivity index (χ2v) is 7.82. The minimum absolute atomic E-state index is 0. The predicted molar refractivity (Wildman–Crippen MR) is 106 cm³/mol. The van der Waals surface area contributed by atoms with Crippen molar-refractivity contribution in [1.29, 1.82) is 0 Å². The average molecular weight is 365 g/mol. The van der Waals surface area contributed by atoms with E-state index in [0.717, 1.165) is 25.9 Å². The van der Waals surface area contributed by atoms with Crippen LogP contribution in [0.5, 0.6) is 0 Å². The fraction of sp³-hybridized carbons (Fsp3) is 0.667. The first-order chi connectivity index (χ1) is 11.7. The number of amides is 1. The number of benzene rings is 1. The predicted octanol–water partition coefficient (Wildman–Crippen LogP) is 3.96. The summed E-state index contributed by atoms with van der Waals surface area (Å²) in [6.07, 6.45) is 7.85. The van der Waals surface area contributed by atoms with Crippen LogP contribution in [0.3, 0.4) is 0 Å². The van der Waals surface area contributed by atoms with E-state index in [-0.39, 0.29) is 18.3 Å². The third-order valence-electron chi connectivity index (χ3n) is 6.04. The van der Waals surface area contributed by atoms with Crippen molar-refractivity contribution in [2.45, 2.75) is 57.9 Å². The van der Waals surface area contributed by atoms with Gasteiger partial charge in [-0.1, -0.05) is 43.7 Å². The van der Waals surface area contributed by atoms with Crippen molar-refractivity contribution in [1.82, 2.24) is 10.6 Å². The first-order valence-electron chi connectivity index (χ1n) is 9.76. The Labute approximate surface area is 158 Å². The Hall–Kier alpha value is -1.06. The van der Waals surface area contributed by atoms with Crippen LogP contribution in [-0.4, -0.2) is 25.0 Å². The normalized spacial score (nSPS) is 25.2. The second-order valence-electron chi connectivity index (χ2n) is 7.82. The number of hydrogen-bond donors (Lipinski definition) is 2. The molecule has 3 nitrogen and oxygen atoms in total. The number of piperidine rings is 1. The van der Waals surface area contributed by atoms with E-state index in [1.54, 1.807) is 0 Å². The van der Waals surface area contributed by atoms with Gasteiger partial charge in [0.25, 0.3) is 0 Å². The molecule has 2 fully saturated rings. The van der Waals surface area contributed by atoms with Crippen molar-refractivity contribution in [3.63, 3.8) is 0 Å². The molecule has 3 unspecified atom stereocenters. The van der Waals surface area contributed by atoms with Gasteiger partial charge in [-0.25, -0.2) is 0 Å². The van der Waals surface area contributed by atoms with Crippen LogP contribution >= 0.6 is 12.4 Å². The summed E-state index contributed by atoms with van der Waals surface area (Å²) in [6, 6.07) is 11.1. The number of nitrogens with one attached hydrogen (secondary N) is 2. The van der Waals surface area contributed by atoms with E-state index in [9.17, 15) is 4.79 Å². The summed E-state index contributed by atoms with van der Waals surface area (Å²) in [5, 5.41) is 6.77. The summed E-state index contributed by atoms with van der Waals surface area (Å²) in [6.45, 7) is 4.47. The third kappa shape index (κ3) is 6.00. The molecule has 1 aliphatic heterocycles. The monoisotopic (exact) mass is 364 g/mol. The molecule has 0 radical (unpaired) electrons. The lowest BCUT2D eigenvalue weighted by atomic mass is 9.84. The molecule has 2 aliphatic rings. The first-order valence-corrected chi connectivity index (χ1v) is 9.76. The number of carbonyl (C=O) groups excluding carboxylic acids is 1. The van der Waals surface area contributed by atoms with Gasteiger partial charge in [-0.05, 0) is 68.5 Å². The van der Waals surface area contributed by atoms with E-state index in [1.165, 1.54) is 31.2 Å². The first kappa shape index (κ1) is 20.3. The summed E-state index contributed by atoms with van der Waals surface area (Å²) in [5.41, 5.74) is 1.40. The van der Waals surface area contributed by atoms with Crippen LogP contribution in [0.15, 0.2) is 30.3 Å². The minimum Gasteiger partial charge on any atom is -0.353 e. The van der Waals surface area contributed by atoms with Gasteiger partial charge in [0.15, 0.2) is 0 Å². The number of rotatable bonds is 6. The summed E-state index contributed by atoms with van der Waals surface area (Å²) >= 11 is 0. The SMILES string of the molecule is CC(CC(=O)NC1CCCC1Cc1ccccc1)C1CCNCC1.Cl. The van der Waals surface area contributed by atoms with Gasteiger partial charge in [-0.3, -0.25) is 4.79 Å². The highest BCUT2D eigenvalue weighted by Crippen LogP contribution is 2.30. The van der Waals surface area contributed by atoms with E-state index >= 15 is 0 Å². The zero-order valence-electron chi connectivity index (χ0n) is 15.4. The van der Waals surface area contributed by atoms with Gasteiger partial charge < -0.3 is 10.6 Å². The van der Waals surface area contributed by atoms with Crippen LogP contribution in [0.1, 0.15) is 51.0 Å². The van der Waals surface area contributed by atoms with Gasteiger partial charge >= 0.3 is 0 Å². The smallest absolute Gasteiger partial charge is 0.220 e. The number of hydrogen-bond acceptors (Lipinski definition) is 2. The zero-order valence-corrected chi connectivity index (χ0v) is 16.2. The molecule has 1 heterocycles. The Morgan fingerprint density at radius 3 is 2.60 bits per heavy atom. The van der Waals surface area contributed by atoms with Crippen LogP contribution in [0.4, 0.5) is 0 Å². The highest BCUT2D eigenvalue weighted by molar-refractivity contribution is 5.85. The second kappa shape index (κ2) is 10.2. The lowest BCUT2D eigenvalue weighted by Gasteiger charge is -2.29. The van der Waals surface area contributed by atoms with Crippen molar-refractivity contribution < 1.29 is 4.79 Å². The fourth-order valence-corrected chi connectivity index (χ4v) is 4.53. The van der Waals surface area contributed by atoms with E-state index < -0.39 is 0 Å². The summed E-state index contributed by atoms with van der Waals surface area (Å²) < 4.78 is 0. The maximum absolute atomic E-state index is 12.5. The molecule has 0 spiro atoms. The zero-order chi connectivity index (χ0) is 16.8. The maximum atomic E-state index is 12.5. The van der Waals surface area contributed by atoms with E-state index in [1.807, 2.05) is 0 Å². The largest absolute Gasteiger partial charge is 0.353 e. The van der Waals surface area contributed by atoms with E-state index in [0.29, 0.717) is 30.2 Å². The van der Waals surface area contributed by atoms with Crippen molar-refractivity contribution in [2.24, 2.45) is 17.8 Å². The molecule has 1 amide bonds. The molecular weight excluding hydrogens is 332 g/mol. The quantitative estimate of drug-likeness (QED) is 0.802. The Morgan fingerprint density at radius 1 is 1.16 bits per heavy atom. The highest BCUT2D eigenvalue weighted by Gasteiger charge is 2.29. The van der Waals surface area contributed by atoms with Gasteiger partial charge in [0.2, 0.25) is 5.91 Å². The number of halogens is 1. The molecule has 4 heteroatoms. The molecule has 0 bridgehead atoms. The van der Waals surface area contributed by atoms with Crippen LogP contribution in [0, 0.1) is 17.8 Å². The average Bonchev–Trinajstić information content (AvgIpc) is 3.03. The van der Waals surface area contributed by atoms with Gasteiger partial charge in [0.05, 0.1) is 0 Å². The molecule has 1 saturated carbocycles. The third-order valence-corrected chi connectivity index (χ3v) is 6.04. The van der Waals surface area contributed by atoms with Crippen molar-refractivity contribution in [3.8, 4) is 0 Å². The number of carbonyl (C=O) groups is 1. The molecule has 1 aromatic carbocycles. The molecule has 2 N–H and O–H groups in total. The van der Waals surface area contributed by atoms with Crippen molar-refractivity contribution in [3.05, 3.63) is 35.9 Å². The molecule has 140 valence electrons. The van der Waals surface area contributed by atoms with Gasteiger partial charge in [-0.15, -0.1) is 12.4 Å². The van der Waals surface area contributed by atoms with Crippen LogP contribution in [0.25, 0.3) is 0 Å².